The van der Waals surface area contributed by atoms with Crippen LogP contribution in [0.25, 0.3) is 0 Å². The Labute approximate surface area is 236 Å². The molecule has 10 heteroatoms. The highest BCUT2D eigenvalue weighted by atomic mass is 35.5. The summed E-state index contributed by atoms with van der Waals surface area (Å²) in [4.78, 5) is 18.5. The van der Waals surface area contributed by atoms with Crippen molar-refractivity contribution < 1.29 is 14.3 Å². The Bertz CT molecular complexity index is 1520. The summed E-state index contributed by atoms with van der Waals surface area (Å²) in [5.41, 5.74) is 3.66. The number of nitrogens with one attached hydrogen (secondary N) is 2. The monoisotopic (exact) mass is 561 g/mol. The maximum Gasteiger partial charge on any atom is 0.255 e. The standard InChI is InChI=1S/C29H28ClN5O3S/c1-4-38-21-15-13-19(14-16-21)26-25(27(36)32-23-11-7-8-12-24(23)37-3)18(2)31-28-33-29(34-35(26)28)39-17-20-9-5-6-10-22(20)30/h5-16,26H,4,17H2,1-3H3,(H,32,36)(H,31,33,34). The average molecular weight is 562 g/mol. The van der Waals surface area contributed by atoms with Crippen molar-refractivity contribution in [2.75, 3.05) is 24.4 Å². The van der Waals surface area contributed by atoms with Gasteiger partial charge in [0.2, 0.25) is 11.1 Å². The molecule has 0 bridgehead atoms. The van der Waals surface area contributed by atoms with Crippen LogP contribution in [-0.4, -0.2) is 34.4 Å². The largest absolute Gasteiger partial charge is 0.495 e. The van der Waals surface area contributed by atoms with Crippen molar-refractivity contribution in [1.82, 2.24) is 14.8 Å². The molecule has 8 nitrogen and oxygen atoms in total. The number of aromatic nitrogens is 3. The molecule has 2 N–H and O–H groups in total. The van der Waals surface area contributed by atoms with Gasteiger partial charge in [0.25, 0.3) is 5.91 Å². The van der Waals surface area contributed by atoms with E-state index in [0.29, 0.717) is 51.2 Å². The number of anilines is 2. The minimum Gasteiger partial charge on any atom is -0.495 e. The number of fused-ring (bicyclic) bond motifs is 1. The van der Waals surface area contributed by atoms with Gasteiger partial charge in [-0.2, -0.15) is 4.98 Å². The number of allylic oxidation sites excluding steroid dienone is 1. The number of halogens is 1. The Kier molecular flexibility index (Phi) is 8.09. The Morgan fingerprint density at radius 3 is 2.59 bits per heavy atom. The zero-order valence-corrected chi connectivity index (χ0v) is 23.3. The third-order valence-corrected chi connectivity index (χ3v) is 7.51. The third kappa shape index (κ3) is 5.74. The Balaban J connectivity index is 1.50. The zero-order chi connectivity index (χ0) is 27.4. The lowest BCUT2D eigenvalue weighted by molar-refractivity contribution is -0.113. The van der Waals surface area contributed by atoms with Crippen LogP contribution < -0.4 is 20.1 Å². The number of carbonyl (C=O) groups excluding carboxylic acids is 1. The second-order valence-corrected chi connectivity index (χ2v) is 10.1. The number of methoxy groups -OCH3 is 1. The molecule has 3 aromatic carbocycles. The first-order valence-corrected chi connectivity index (χ1v) is 13.8. The molecule has 1 atom stereocenters. The summed E-state index contributed by atoms with van der Waals surface area (Å²) in [6.45, 7) is 4.38. The van der Waals surface area contributed by atoms with Gasteiger partial charge in [-0.3, -0.25) is 4.79 Å². The van der Waals surface area contributed by atoms with Crippen molar-refractivity contribution in [2.45, 2.75) is 30.8 Å². The van der Waals surface area contributed by atoms with Crippen molar-refractivity contribution in [2.24, 2.45) is 0 Å². The lowest BCUT2D eigenvalue weighted by atomic mass is 9.95. The molecule has 1 aromatic heterocycles. The van der Waals surface area contributed by atoms with E-state index in [1.165, 1.54) is 11.8 Å². The fraction of sp³-hybridized carbons (Fsp3) is 0.207. The predicted molar refractivity (Wildman–Crippen MR) is 155 cm³/mol. The van der Waals surface area contributed by atoms with Crippen LogP contribution in [0.3, 0.4) is 0 Å². The summed E-state index contributed by atoms with van der Waals surface area (Å²) in [5.74, 6) is 2.23. The number of para-hydroxylation sites is 2. The summed E-state index contributed by atoms with van der Waals surface area (Å²) in [6.07, 6.45) is 0. The molecule has 0 saturated heterocycles. The van der Waals surface area contributed by atoms with Gasteiger partial charge in [0.15, 0.2) is 0 Å². The van der Waals surface area contributed by atoms with Gasteiger partial charge in [-0.05, 0) is 55.3 Å². The van der Waals surface area contributed by atoms with Crippen molar-refractivity contribution in [3.8, 4) is 11.5 Å². The average Bonchev–Trinajstić information content (AvgIpc) is 3.35. The normalized spacial score (nSPS) is 14.4. The molecule has 1 aliphatic rings. The van der Waals surface area contributed by atoms with Crippen LogP contribution in [0.4, 0.5) is 11.6 Å². The van der Waals surface area contributed by atoms with E-state index >= 15 is 0 Å². The van der Waals surface area contributed by atoms with Crippen LogP contribution in [0.1, 0.15) is 31.0 Å². The van der Waals surface area contributed by atoms with Gasteiger partial charge in [-0.1, -0.05) is 65.8 Å². The molecule has 2 heterocycles. The van der Waals surface area contributed by atoms with Gasteiger partial charge in [0.05, 0.1) is 25.0 Å². The van der Waals surface area contributed by atoms with E-state index in [1.54, 1.807) is 23.9 Å². The summed E-state index contributed by atoms with van der Waals surface area (Å²) in [5, 5.41) is 12.4. The quantitative estimate of drug-likeness (QED) is 0.224. The highest BCUT2D eigenvalue weighted by Gasteiger charge is 2.34. The molecule has 4 aromatic rings. The van der Waals surface area contributed by atoms with E-state index in [-0.39, 0.29) is 5.91 Å². The number of hydrogen-bond acceptors (Lipinski definition) is 7. The van der Waals surface area contributed by atoms with Gasteiger partial charge < -0.3 is 20.1 Å². The number of hydrogen-bond donors (Lipinski definition) is 2. The Morgan fingerprint density at radius 1 is 1.10 bits per heavy atom. The number of thioether (sulfide) groups is 1. The molecule has 39 heavy (non-hydrogen) atoms. The molecule has 0 radical (unpaired) electrons. The number of nitrogens with zero attached hydrogens (tertiary/aromatic N) is 3. The molecular weight excluding hydrogens is 534 g/mol. The maximum absolute atomic E-state index is 13.8. The Hall–Kier alpha value is -3.95. The topological polar surface area (TPSA) is 90.3 Å². The number of carbonyl (C=O) groups is 1. The molecule has 0 aliphatic carbocycles. The fourth-order valence-corrected chi connectivity index (χ4v) is 5.52. The molecular formula is C29H28ClN5O3S. The molecule has 1 amide bonds. The summed E-state index contributed by atoms with van der Waals surface area (Å²) in [7, 11) is 1.57. The molecule has 1 unspecified atom stereocenters. The fourth-order valence-electron chi connectivity index (χ4n) is 4.40. The highest BCUT2D eigenvalue weighted by molar-refractivity contribution is 7.98. The van der Waals surface area contributed by atoms with E-state index < -0.39 is 6.04 Å². The number of benzene rings is 3. The van der Waals surface area contributed by atoms with Crippen LogP contribution in [-0.2, 0) is 10.5 Å². The number of ether oxygens (including phenoxy) is 2. The predicted octanol–water partition coefficient (Wildman–Crippen LogP) is 6.56. The minimum absolute atomic E-state index is 0.269. The van der Waals surface area contributed by atoms with Crippen LogP contribution >= 0.6 is 23.4 Å². The van der Waals surface area contributed by atoms with E-state index in [2.05, 4.69) is 10.6 Å². The van der Waals surface area contributed by atoms with Crippen LogP contribution in [0, 0.1) is 0 Å². The van der Waals surface area contributed by atoms with Gasteiger partial charge in [-0.15, -0.1) is 5.10 Å². The van der Waals surface area contributed by atoms with Gasteiger partial charge >= 0.3 is 0 Å². The summed E-state index contributed by atoms with van der Waals surface area (Å²) in [6, 6.07) is 22.2. The summed E-state index contributed by atoms with van der Waals surface area (Å²) >= 11 is 7.83. The van der Waals surface area contributed by atoms with E-state index in [1.807, 2.05) is 74.5 Å². The second-order valence-electron chi connectivity index (χ2n) is 8.77. The number of amides is 1. The van der Waals surface area contributed by atoms with Gasteiger partial charge in [0, 0.05) is 16.5 Å². The molecule has 0 fully saturated rings. The van der Waals surface area contributed by atoms with Crippen LogP contribution in [0.2, 0.25) is 5.02 Å². The highest BCUT2D eigenvalue weighted by Crippen LogP contribution is 2.38. The van der Waals surface area contributed by atoms with Crippen molar-refractivity contribution in [3.05, 3.63) is 100 Å². The first-order chi connectivity index (χ1) is 19.0. The van der Waals surface area contributed by atoms with Gasteiger partial charge in [0.1, 0.15) is 17.5 Å². The van der Waals surface area contributed by atoms with E-state index in [4.69, 9.17) is 31.2 Å². The van der Waals surface area contributed by atoms with Crippen molar-refractivity contribution in [1.29, 1.82) is 0 Å². The second kappa shape index (κ2) is 11.8. The lowest BCUT2D eigenvalue weighted by Gasteiger charge is -2.29. The molecule has 0 spiro atoms. The first kappa shape index (κ1) is 26.6. The van der Waals surface area contributed by atoms with Crippen molar-refractivity contribution >= 4 is 40.9 Å². The van der Waals surface area contributed by atoms with Gasteiger partial charge in [-0.25, -0.2) is 4.68 Å². The Morgan fingerprint density at radius 2 is 1.85 bits per heavy atom. The molecule has 200 valence electrons. The zero-order valence-electron chi connectivity index (χ0n) is 21.8. The lowest BCUT2D eigenvalue weighted by Crippen LogP contribution is -2.31. The SMILES string of the molecule is CCOc1ccc(C2C(C(=O)Nc3ccccc3OC)=C(C)Nc3nc(SCc4ccccc4Cl)nn32)cc1. The minimum atomic E-state index is -0.520. The number of rotatable bonds is 9. The van der Waals surface area contributed by atoms with Crippen molar-refractivity contribution in [3.63, 3.8) is 0 Å². The molecule has 0 saturated carbocycles. The third-order valence-electron chi connectivity index (χ3n) is 6.25. The van der Waals surface area contributed by atoms with E-state index in [0.717, 1.165) is 16.9 Å². The van der Waals surface area contributed by atoms with Crippen LogP contribution in [0.15, 0.2) is 89.2 Å². The smallest absolute Gasteiger partial charge is 0.255 e. The molecule has 5 rings (SSSR count). The van der Waals surface area contributed by atoms with E-state index in [9.17, 15) is 4.79 Å². The van der Waals surface area contributed by atoms with Crippen LogP contribution in [0.5, 0.6) is 11.5 Å². The maximum atomic E-state index is 13.8. The molecule has 1 aliphatic heterocycles. The summed E-state index contributed by atoms with van der Waals surface area (Å²) < 4.78 is 12.8. The first-order valence-electron chi connectivity index (χ1n) is 12.5.